The number of halogens is 2. The molecular weight excluding hydrogens is 320 g/mol. The van der Waals surface area contributed by atoms with Crippen LogP contribution in [-0.2, 0) is 12.8 Å². The molecule has 2 atom stereocenters. The SMILES string of the molecule is CC(C)(N)C1CCc2cc(F)cc3c2C1Cc1cc(F)ccc1C3=O. The Kier molecular flexibility index (Phi) is 3.58. The standard InChI is InChI=1S/C21H21F2NO/c1-21(2,24)18-6-3-11-7-14(23)10-17-19(11)16(18)9-12-8-13(22)4-5-15(12)20(17)25/h4-5,7-8,10,16,18H,3,6,9,24H2,1-2H3. The van der Waals surface area contributed by atoms with Gasteiger partial charge in [0, 0.05) is 16.7 Å². The summed E-state index contributed by atoms with van der Waals surface area (Å²) >= 11 is 0. The molecule has 0 radical (unpaired) electrons. The van der Waals surface area contributed by atoms with Crippen LogP contribution in [0.25, 0.3) is 0 Å². The van der Waals surface area contributed by atoms with Gasteiger partial charge in [0.25, 0.3) is 0 Å². The third kappa shape index (κ3) is 2.60. The predicted octanol–water partition coefficient (Wildman–Crippen LogP) is 4.14. The van der Waals surface area contributed by atoms with Crippen LogP contribution < -0.4 is 5.73 Å². The van der Waals surface area contributed by atoms with E-state index in [0.29, 0.717) is 29.5 Å². The third-order valence-corrected chi connectivity index (χ3v) is 5.76. The predicted molar refractivity (Wildman–Crippen MR) is 92.8 cm³/mol. The molecule has 0 saturated carbocycles. The van der Waals surface area contributed by atoms with Gasteiger partial charge in [0.05, 0.1) is 0 Å². The van der Waals surface area contributed by atoms with E-state index in [1.165, 1.54) is 30.3 Å². The van der Waals surface area contributed by atoms with Crippen molar-refractivity contribution in [1.29, 1.82) is 0 Å². The van der Waals surface area contributed by atoms with Crippen molar-refractivity contribution in [1.82, 2.24) is 0 Å². The van der Waals surface area contributed by atoms with E-state index in [9.17, 15) is 13.6 Å². The molecule has 2 N–H and O–H groups in total. The average molecular weight is 341 g/mol. The van der Waals surface area contributed by atoms with E-state index in [0.717, 1.165) is 17.5 Å². The zero-order valence-electron chi connectivity index (χ0n) is 14.4. The van der Waals surface area contributed by atoms with E-state index in [-0.39, 0.29) is 23.4 Å². The molecule has 0 bridgehead atoms. The maximum Gasteiger partial charge on any atom is 0.193 e. The smallest absolute Gasteiger partial charge is 0.193 e. The molecule has 0 aliphatic heterocycles. The fraction of sp³-hybridized carbons (Fsp3) is 0.381. The van der Waals surface area contributed by atoms with Crippen molar-refractivity contribution in [3.63, 3.8) is 0 Å². The van der Waals surface area contributed by atoms with Gasteiger partial charge in [-0.3, -0.25) is 4.79 Å². The Labute approximate surface area is 146 Å². The highest BCUT2D eigenvalue weighted by atomic mass is 19.1. The van der Waals surface area contributed by atoms with Gasteiger partial charge in [-0.15, -0.1) is 0 Å². The number of carbonyl (C=O) groups is 1. The Bertz CT molecular complexity index is 882. The van der Waals surface area contributed by atoms with Gasteiger partial charge < -0.3 is 5.73 Å². The summed E-state index contributed by atoms with van der Waals surface area (Å²) in [4.78, 5) is 13.1. The molecule has 0 fully saturated rings. The van der Waals surface area contributed by atoms with Crippen LogP contribution in [0.3, 0.4) is 0 Å². The van der Waals surface area contributed by atoms with Crippen LogP contribution in [0.1, 0.15) is 58.8 Å². The molecular formula is C21H21F2NO. The minimum atomic E-state index is -0.436. The highest BCUT2D eigenvalue weighted by molar-refractivity contribution is 6.11. The van der Waals surface area contributed by atoms with E-state index in [2.05, 4.69) is 0 Å². The minimum Gasteiger partial charge on any atom is -0.325 e. The lowest BCUT2D eigenvalue weighted by molar-refractivity contribution is 0.103. The van der Waals surface area contributed by atoms with Crippen molar-refractivity contribution in [2.75, 3.05) is 0 Å². The van der Waals surface area contributed by atoms with Gasteiger partial charge in [0.15, 0.2) is 5.78 Å². The molecule has 2 aliphatic rings. The summed E-state index contributed by atoms with van der Waals surface area (Å²) in [7, 11) is 0. The monoisotopic (exact) mass is 341 g/mol. The van der Waals surface area contributed by atoms with Gasteiger partial charge in [-0.1, -0.05) is 0 Å². The molecule has 2 aliphatic carbocycles. The highest BCUT2D eigenvalue weighted by Gasteiger charge is 2.41. The molecule has 0 aromatic heterocycles. The van der Waals surface area contributed by atoms with Crippen LogP contribution in [0.4, 0.5) is 8.78 Å². The van der Waals surface area contributed by atoms with Crippen LogP contribution in [0.2, 0.25) is 0 Å². The van der Waals surface area contributed by atoms with Crippen molar-refractivity contribution in [3.8, 4) is 0 Å². The topological polar surface area (TPSA) is 43.1 Å². The van der Waals surface area contributed by atoms with E-state index in [4.69, 9.17) is 5.73 Å². The molecule has 0 saturated heterocycles. The van der Waals surface area contributed by atoms with Crippen molar-refractivity contribution < 1.29 is 13.6 Å². The summed E-state index contributed by atoms with van der Waals surface area (Å²) in [6, 6.07) is 7.11. The zero-order valence-corrected chi connectivity index (χ0v) is 14.4. The number of hydrogen-bond donors (Lipinski definition) is 1. The molecule has 0 heterocycles. The lowest BCUT2D eigenvalue weighted by atomic mass is 9.65. The van der Waals surface area contributed by atoms with Crippen LogP contribution >= 0.6 is 0 Å². The van der Waals surface area contributed by atoms with Gasteiger partial charge >= 0.3 is 0 Å². The number of nitrogens with two attached hydrogens (primary N) is 1. The van der Waals surface area contributed by atoms with Crippen LogP contribution in [0.5, 0.6) is 0 Å². The van der Waals surface area contributed by atoms with Gasteiger partial charge in [-0.25, -0.2) is 8.78 Å². The van der Waals surface area contributed by atoms with Crippen LogP contribution in [0, 0.1) is 17.6 Å². The molecule has 2 nitrogen and oxygen atoms in total. The Morgan fingerprint density at radius 2 is 1.76 bits per heavy atom. The second kappa shape index (κ2) is 5.46. The normalized spacial score (nSPS) is 22.2. The number of benzene rings is 2. The summed E-state index contributed by atoms with van der Waals surface area (Å²) in [6.45, 7) is 3.98. The zero-order chi connectivity index (χ0) is 17.9. The molecule has 0 spiro atoms. The first kappa shape index (κ1) is 16.4. The maximum atomic E-state index is 14.1. The number of fused-ring (bicyclic) bond motifs is 1. The quantitative estimate of drug-likeness (QED) is 0.847. The number of hydrogen-bond acceptors (Lipinski definition) is 2. The van der Waals surface area contributed by atoms with E-state index in [1.807, 2.05) is 13.8 Å². The van der Waals surface area contributed by atoms with Crippen molar-refractivity contribution in [2.24, 2.45) is 11.7 Å². The first-order valence-corrected chi connectivity index (χ1v) is 8.70. The third-order valence-electron chi connectivity index (χ3n) is 5.76. The Hall–Kier alpha value is -2.07. The van der Waals surface area contributed by atoms with E-state index >= 15 is 0 Å². The number of aryl methyl sites for hydroxylation is 1. The molecule has 2 unspecified atom stereocenters. The first-order chi connectivity index (χ1) is 11.8. The van der Waals surface area contributed by atoms with Gasteiger partial charge in [-0.2, -0.15) is 0 Å². The molecule has 4 heteroatoms. The second-order valence-electron chi connectivity index (χ2n) is 7.93. The summed E-state index contributed by atoms with van der Waals surface area (Å²) in [5.41, 5.74) is 9.38. The average Bonchev–Trinajstić information content (AvgIpc) is 2.63. The molecule has 4 rings (SSSR count). The molecule has 2 aromatic carbocycles. The van der Waals surface area contributed by atoms with Gasteiger partial charge in [0.1, 0.15) is 11.6 Å². The molecule has 25 heavy (non-hydrogen) atoms. The summed E-state index contributed by atoms with van der Waals surface area (Å²) in [5.74, 6) is -0.832. The molecule has 0 amide bonds. The Morgan fingerprint density at radius 3 is 2.48 bits per heavy atom. The van der Waals surface area contributed by atoms with Crippen molar-refractivity contribution in [3.05, 3.63) is 69.8 Å². The van der Waals surface area contributed by atoms with Gasteiger partial charge in [0.2, 0.25) is 0 Å². The molecule has 130 valence electrons. The van der Waals surface area contributed by atoms with E-state index in [1.54, 1.807) is 0 Å². The largest absolute Gasteiger partial charge is 0.325 e. The maximum absolute atomic E-state index is 14.1. The summed E-state index contributed by atoms with van der Waals surface area (Å²) in [6.07, 6.45) is 2.10. The highest BCUT2D eigenvalue weighted by Crippen LogP contribution is 2.47. The summed E-state index contributed by atoms with van der Waals surface area (Å²) in [5, 5.41) is 0. The van der Waals surface area contributed by atoms with Crippen molar-refractivity contribution in [2.45, 2.75) is 44.6 Å². The lowest BCUT2D eigenvalue weighted by Crippen LogP contribution is -2.46. The van der Waals surface area contributed by atoms with Gasteiger partial charge in [-0.05, 0) is 92.0 Å². The summed E-state index contributed by atoms with van der Waals surface area (Å²) < 4.78 is 27.9. The number of rotatable bonds is 1. The first-order valence-electron chi connectivity index (χ1n) is 8.70. The fourth-order valence-electron chi connectivity index (χ4n) is 4.69. The minimum absolute atomic E-state index is 0.00801. The fourth-order valence-corrected chi connectivity index (χ4v) is 4.69. The van der Waals surface area contributed by atoms with Crippen LogP contribution in [-0.4, -0.2) is 11.3 Å². The lowest BCUT2D eigenvalue weighted by Gasteiger charge is -2.41. The van der Waals surface area contributed by atoms with E-state index < -0.39 is 11.4 Å². The number of carbonyl (C=O) groups excluding carboxylic acids is 1. The molecule has 2 aromatic rings. The number of ketones is 1. The second-order valence-corrected chi connectivity index (χ2v) is 7.93. The van der Waals surface area contributed by atoms with Crippen LogP contribution in [0.15, 0.2) is 30.3 Å². The Balaban J connectivity index is 2.00. The Morgan fingerprint density at radius 1 is 1.04 bits per heavy atom. The van der Waals surface area contributed by atoms with Crippen molar-refractivity contribution >= 4 is 5.78 Å².